The zero-order valence-electron chi connectivity index (χ0n) is 12.9. The maximum atomic E-state index is 11.5. The Morgan fingerprint density at radius 3 is 2.57 bits per heavy atom. The number of ether oxygens (including phenoxy) is 1. The van der Waals surface area contributed by atoms with E-state index < -0.39 is 5.91 Å². The Balaban J connectivity index is 1.72. The van der Waals surface area contributed by atoms with Gasteiger partial charge in [0.05, 0.1) is 24.2 Å². The van der Waals surface area contributed by atoms with Crippen LogP contribution in [-0.4, -0.2) is 22.0 Å². The largest absolute Gasteiger partial charge is 0.490 e. The molecule has 1 fully saturated rings. The highest BCUT2D eigenvalue weighted by Crippen LogP contribution is 2.25. The Bertz CT molecular complexity index is 667. The van der Waals surface area contributed by atoms with Crippen molar-refractivity contribution in [3.63, 3.8) is 0 Å². The fraction of sp³-hybridized carbons (Fsp3) is 0.353. The van der Waals surface area contributed by atoms with Crippen molar-refractivity contribution in [1.29, 1.82) is 0 Å². The van der Waals surface area contributed by atoms with Crippen molar-refractivity contribution in [3.8, 4) is 17.0 Å². The van der Waals surface area contributed by atoms with Crippen molar-refractivity contribution in [2.45, 2.75) is 38.2 Å². The monoisotopic (exact) mass is 312 g/mol. The molecule has 1 aromatic carbocycles. The minimum absolute atomic E-state index is 0.188. The predicted octanol–water partition coefficient (Wildman–Crippen LogP) is 2.46. The van der Waals surface area contributed by atoms with E-state index in [-0.39, 0.29) is 5.69 Å². The fourth-order valence-electron chi connectivity index (χ4n) is 2.77. The van der Waals surface area contributed by atoms with E-state index in [1.807, 2.05) is 24.3 Å². The van der Waals surface area contributed by atoms with Crippen molar-refractivity contribution in [2.24, 2.45) is 5.84 Å². The number of amides is 1. The van der Waals surface area contributed by atoms with Crippen LogP contribution in [0.2, 0.25) is 0 Å². The average molecular weight is 312 g/mol. The van der Waals surface area contributed by atoms with Gasteiger partial charge in [-0.2, -0.15) is 0 Å². The van der Waals surface area contributed by atoms with Gasteiger partial charge in [0.15, 0.2) is 0 Å². The third-order valence-corrected chi connectivity index (χ3v) is 4.00. The van der Waals surface area contributed by atoms with E-state index in [4.69, 9.17) is 10.6 Å². The van der Waals surface area contributed by atoms with Gasteiger partial charge in [0.25, 0.3) is 5.91 Å². The minimum Gasteiger partial charge on any atom is -0.490 e. The number of rotatable bonds is 4. The first-order valence-corrected chi connectivity index (χ1v) is 7.86. The molecular weight excluding hydrogens is 292 g/mol. The second-order valence-electron chi connectivity index (χ2n) is 5.67. The molecule has 1 aliphatic carbocycles. The van der Waals surface area contributed by atoms with E-state index in [1.165, 1.54) is 25.5 Å². The number of hydrogen-bond donors (Lipinski definition) is 2. The van der Waals surface area contributed by atoms with E-state index in [1.54, 1.807) is 6.20 Å². The molecule has 0 atom stereocenters. The molecule has 6 nitrogen and oxygen atoms in total. The topological polar surface area (TPSA) is 90.1 Å². The van der Waals surface area contributed by atoms with Gasteiger partial charge in [0.1, 0.15) is 11.4 Å². The van der Waals surface area contributed by atoms with Gasteiger partial charge in [-0.3, -0.25) is 15.2 Å². The standard InChI is InChI=1S/C17H20N4O2/c18-21-17(22)16-11-19-10-15(20-16)12-6-8-14(9-7-12)23-13-4-2-1-3-5-13/h6-11,13H,1-5,18H2,(H,21,22). The number of carbonyl (C=O) groups excluding carboxylic acids is 1. The summed E-state index contributed by atoms with van der Waals surface area (Å²) in [5.41, 5.74) is 3.74. The lowest BCUT2D eigenvalue weighted by atomic mass is 9.98. The van der Waals surface area contributed by atoms with Crippen LogP contribution in [-0.2, 0) is 0 Å². The minimum atomic E-state index is -0.461. The van der Waals surface area contributed by atoms with Crippen LogP contribution in [0.5, 0.6) is 5.75 Å². The SMILES string of the molecule is NNC(=O)c1cncc(-c2ccc(OC3CCCCC3)cc2)n1. The van der Waals surface area contributed by atoms with E-state index in [9.17, 15) is 4.79 Å². The third kappa shape index (κ3) is 3.84. The normalized spacial score (nSPS) is 15.2. The predicted molar refractivity (Wildman–Crippen MR) is 86.6 cm³/mol. The molecule has 1 saturated carbocycles. The van der Waals surface area contributed by atoms with E-state index in [2.05, 4.69) is 15.4 Å². The van der Waals surface area contributed by atoms with Gasteiger partial charge in [-0.15, -0.1) is 0 Å². The zero-order chi connectivity index (χ0) is 16.1. The molecule has 6 heteroatoms. The number of nitrogens with two attached hydrogens (primary N) is 1. The summed E-state index contributed by atoms with van der Waals surface area (Å²) in [6.45, 7) is 0. The molecule has 0 spiro atoms. The summed E-state index contributed by atoms with van der Waals surface area (Å²) in [6.07, 6.45) is 9.38. The molecule has 1 amide bonds. The Morgan fingerprint density at radius 1 is 1.13 bits per heavy atom. The maximum Gasteiger partial charge on any atom is 0.285 e. The average Bonchev–Trinajstić information content (AvgIpc) is 2.62. The molecule has 0 saturated heterocycles. The lowest BCUT2D eigenvalue weighted by molar-refractivity contribution is 0.0948. The number of nitrogens with zero attached hydrogens (tertiary/aromatic N) is 2. The summed E-state index contributed by atoms with van der Waals surface area (Å²) in [5, 5.41) is 0. The smallest absolute Gasteiger partial charge is 0.285 e. The number of hydrazine groups is 1. The summed E-state index contributed by atoms with van der Waals surface area (Å²) in [6, 6.07) is 7.71. The number of hydrogen-bond acceptors (Lipinski definition) is 5. The van der Waals surface area contributed by atoms with Crippen LogP contribution in [0.4, 0.5) is 0 Å². The molecule has 0 radical (unpaired) electrons. The van der Waals surface area contributed by atoms with Crippen molar-refractivity contribution in [1.82, 2.24) is 15.4 Å². The Kier molecular flexibility index (Phi) is 4.83. The first-order chi connectivity index (χ1) is 11.3. The van der Waals surface area contributed by atoms with Gasteiger partial charge in [-0.25, -0.2) is 10.8 Å². The molecule has 1 heterocycles. The van der Waals surface area contributed by atoms with Crippen LogP contribution in [0.15, 0.2) is 36.7 Å². The van der Waals surface area contributed by atoms with Crippen LogP contribution >= 0.6 is 0 Å². The van der Waals surface area contributed by atoms with Gasteiger partial charge in [0.2, 0.25) is 0 Å². The van der Waals surface area contributed by atoms with Crippen LogP contribution < -0.4 is 16.0 Å². The molecular formula is C17H20N4O2. The lowest BCUT2D eigenvalue weighted by Crippen LogP contribution is -2.30. The van der Waals surface area contributed by atoms with Crippen LogP contribution in [0.3, 0.4) is 0 Å². The van der Waals surface area contributed by atoms with E-state index in [0.29, 0.717) is 11.8 Å². The molecule has 3 rings (SSSR count). The number of nitrogen functional groups attached to an aromatic ring is 1. The summed E-state index contributed by atoms with van der Waals surface area (Å²) >= 11 is 0. The molecule has 1 aliphatic rings. The van der Waals surface area contributed by atoms with Gasteiger partial charge in [-0.1, -0.05) is 6.42 Å². The molecule has 1 aromatic heterocycles. The molecule has 3 N–H and O–H groups in total. The van der Waals surface area contributed by atoms with Crippen molar-refractivity contribution in [3.05, 3.63) is 42.4 Å². The molecule has 0 unspecified atom stereocenters. The van der Waals surface area contributed by atoms with E-state index in [0.717, 1.165) is 24.2 Å². The lowest BCUT2D eigenvalue weighted by Gasteiger charge is -2.23. The van der Waals surface area contributed by atoms with Crippen molar-refractivity contribution >= 4 is 5.91 Å². The molecule has 23 heavy (non-hydrogen) atoms. The van der Waals surface area contributed by atoms with Crippen LogP contribution in [0.1, 0.15) is 42.6 Å². The van der Waals surface area contributed by atoms with Crippen molar-refractivity contribution < 1.29 is 9.53 Å². The highest BCUT2D eigenvalue weighted by atomic mass is 16.5. The molecule has 0 bridgehead atoms. The summed E-state index contributed by atoms with van der Waals surface area (Å²) in [4.78, 5) is 19.8. The molecule has 120 valence electrons. The fourth-order valence-corrected chi connectivity index (χ4v) is 2.77. The number of carbonyl (C=O) groups is 1. The first-order valence-electron chi connectivity index (χ1n) is 7.86. The first kappa shape index (κ1) is 15.4. The van der Waals surface area contributed by atoms with Gasteiger partial charge in [-0.05, 0) is 49.9 Å². The summed E-state index contributed by atoms with van der Waals surface area (Å²) in [7, 11) is 0. The second kappa shape index (κ2) is 7.19. The quantitative estimate of drug-likeness (QED) is 0.514. The Hall–Kier alpha value is -2.47. The number of benzene rings is 1. The third-order valence-electron chi connectivity index (χ3n) is 4.00. The molecule has 0 aliphatic heterocycles. The maximum absolute atomic E-state index is 11.5. The highest BCUT2D eigenvalue weighted by molar-refractivity contribution is 5.91. The van der Waals surface area contributed by atoms with Gasteiger partial charge < -0.3 is 4.74 Å². The summed E-state index contributed by atoms with van der Waals surface area (Å²) < 4.78 is 6.01. The second-order valence-corrected chi connectivity index (χ2v) is 5.67. The van der Waals surface area contributed by atoms with Crippen molar-refractivity contribution in [2.75, 3.05) is 0 Å². The van der Waals surface area contributed by atoms with Crippen LogP contribution in [0, 0.1) is 0 Å². The zero-order valence-corrected chi connectivity index (χ0v) is 12.9. The summed E-state index contributed by atoms with van der Waals surface area (Å²) in [5.74, 6) is 5.52. The van der Waals surface area contributed by atoms with Crippen LogP contribution in [0.25, 0.3) is 11.3 Å². The number of nitrogens with one attached hydrogen (secondary N) is 1. The Morgan fingerprint density at radius 2 is 1.87 bits per heavy atom. The number of aromatic nitrogens is 2. The van der Waals surface area contributed by atoms with Gasteiger partial charge >= 0.3 is 0 Å². The molecule has 2 aromatic rings. The van der Waals surface area contributed by atoms with Gasteiger partial charge in [0, 0.05) is 5.56 Å². The highest BCUT2D eigenvalue weighted by Gasteiger charge is 2.15. The Labute approximate surface area is 135 Å². The van der Waals surface area contributed by atoms with E-state index >= 15 is 0 Å².